The van der Waals surface area contributed by atoms with Gasteiger partial charge >= 0.3 is 0 Å². The first-order valence-electron chi connectivity index (χ1n) is 9.28. The molecule has 150 valence electrons. The Morgan fingerprint density at radius 2 is 2.07 bits per heavy atom. The Kier molecular flexibility index (Phi) is 4.58. The fraction of sp³-hybridized carbons (Fsp3) is 0.238. The molecule has 8 nitrogen and oxygen atoms in total. The molecule has 4 aromatic rings. The number of aromatic nitrogens is 6. The Hall–Kier alpha value is -3.48. The van der Waals surface area contributed by atoms with Crippen molar-refractivity contribution in [3.05, 3.63) is 58.4 Å². The van der Waals surface area contributed by atoms with Gasteiger partial charge in [0.2, 0.25) is 0 Å². The number of benzene rings is 1. The van der Waals surface area contributed by atoms with Gasteiger partial charge in [0.15, 0.2) is 11.6 Å². The topological polar surface area (TPSA) is 79.9 Å². The number of methoxy groups -OCH3 is 2. The van der Waals surface area contributed by atoms with Crippen LogP contribution in [0.1, 0.15) is 27.7 Å². The van der Waals surface area contributed by atoms with Gasteiger partial charge in [-0.3, -0.25) is 4.57 Å². The highest BCUT2D eigenvalue weighted by Gasteiger charge is 2.25. The summed E-state index contributed by atoms with van der Waals surface area (Å²) in [5.41, 5.74) is 4.84. The highest BCUT2D eigenvalue weighted by Crippen LogP contribution is 2.33. The third-order valence-corrected chi connectivity index (χ3v) is 5.76. The largest absolute Gasteiger partial charge is 0.473 e. The highest BCUT2D eigenvalue weighted by molar-refractivity contribution is 7.13. The van der Waals surface area contributed by atoms with Crippen LogP contribution in [0, 0.1) is 18.8 Å². The van der Waals surface area contributed by atoms with Gasteiger partial charge in [-0.25, -0.2) is 9.97 Å². The van der Waals surface area contributed by atoms with Gasteiger partial charge in [-0.05, 0) is 30.9 Å². The van der Waals surface area contributed by atoms with E-state index in [1.807, 2.05) is 6.33 Å². The molecule has 0 unspecified atom stereocenters. The molecule has 0 radical (unpaired) electrons. The number of fused-ring (bicyclic) bond motifs is 5. The summed E-state index contributed by atoms with van der Waals surface area (Å²) in [6, 6.07) is 6.29. The molecule has 0 aliphatic carbocycles. The zero-order valence-corrected chi connectivity index (χ0v) is 17.5. The van der Waals surface area contributed by atoms with E-state index in [0.29, 0.717) is 24.0 Å². The lowest BCUT2D eigenvalue weighted by Gasteiger charge is -2.08. The summed E-state index contributed by atoms with van der Waals surface area (Å²) in [5.74, 6) is 7.93. The minimum atomic E-state index is 0.379. The smallest absolute Gasteiger partial charge is 0.274 e. The molecular weight excluding hydrogens is 400 g/mol. The van der Waals surface area contributed by atoms with Crippen LogP contribution in [0.3, 0.4) is 0 Å². The van der Waals surface area contributed by atoms with Gasteiger partial charge in [-0.15, -0.1) is 10.2 Å². The van der Waals surface area contributed by atoms with Crippen LogP contribution in [0.15, 0.2) is 30.7 Å². The molecule has 30 heavy (non-hydrogen) atoms. The number of hydrogen-bond acceptors (Lipinski definition) is 7. The third-order valence-electron chi connectivity index (χ3n) is 4.89. The van der Waals surface area contributed by atoms with Crippen molar-refractivity contribution >= 4 is 11.3 Å². The monoisotopic (exact) mass is 418 g/mol. The molecule has 1 aliphatic heterocycles. The summed E-state index contributed by atoms with van der Waals surface area (Å²) in [6.45, 7) is 2.99. The van der Waals surface area contributed by atoms with Crippen molar-refractivity contribution in [3.63, 3.8) is 0 Å². The van der Waals surface area contributed by atoms with Gasteiger partial charge in [0, 0.05) is 12.7 Å². The van der Waals surface area contributed by atoms with E-state index < -0.39 is 0 Å². The average Bonchev–Trinajstić information content (AvgIpc) is 3.45. The molecule has 1 aliphatic rings. The van der Waals surface area contributed by atoms with Crippen molar-refractivity contribution in [3.8, 4) is 34.1 Å². The van der Waals surface area contributed by atoms with Gasteiger partial charge in [-0.2, -0.15) is 0 Å². The standard InChI is InChI=1S/C21H18N6O2S/c1-13-4-7-17-15(8-13)20-25-24-19(11-28-2)26(20)10-18-16(23-12-27(17)18)6-5-14-9-22-21(29-3)30-14/h4,7-9,12H,10-11H2,1-3H3. The Labute approximate surface area is 177 Å². The second kappa shape index (κ2) is 7.40. The number of ether oxygens (including phenoxy) is 2. The molecule has 3 aromatic heterocycles. The van der Waals surface area contributed by atoms with E-state index in [2.05, 4.69) is 66.3 Å². The Morgan fingerprint density at radius 1 is 1.17 bits per heavy atom. The lowest BCUT2D eigenvalue weighted by atomic mass is 10.1. The summed E-state index contributed by atoms with van der Waals surface area (Å²) in [5, 5.41) is 9.40. The molecule has 9 heteroatoms. The van der Waals surface area contributed by atoms with Crippen molar-refractivity contribution in [2.75, 3.05) is 14.2 Å². The second-order valence-electron chi connectivity index (χ2n) is 6.83. The molecule has 4 heterocycles. The zero-order valence-electron chi connectivity index (χ0n) is 16.7. The number of hydrogen-bond donors (Lipinski definition) is 0. The van der Waals surface area contributed by atoms with Crippen molar-refractivity contribution < 1.29 is 9.47 Å². The molecule has 0 spiro atoms. The number of nitrogens with zero attached hydrogens (tertiary/aromatic N) is 6. The minimum absolute atomic E-state index is 0.379. The molecule has 0 bridgehead atoms. The van der Waals surface area contributed by atoms with Gasteiger partial charge in [0.05, 0.1) is 31.2 Å². The molecular formula is C21H18N6O2S. The van der Waals surface area contributed by atoms with Crippen LogP contribution in [0.4, 0.5) is 0 Å². The predicted octanol–water partition coefficient (Wildman–Crippen LogP) is 2.81. The van der Waals surface area contributed by atoms with Crippen LogP contribution in [0.2, 0.25) is 0 Å². The van der Waals surface area contributed by atoms with E-state index in [-0.39, 0.29) is 0 Å². The fourth-order valence-corrected chi connectivity index (χ4v) is 4.08. The van der Waals surface area contributed by atoms with Gasteiger partial charge in [-0.1, -0.05) is 23.0 Å². The van der Waals surface area contributed by atoms with Crippen LogP contribution in [0.25, 0.3) is 17.1 Å². The predicted molar refractivity (Wildman–Crippen MR) is 112 cm³/mol. The SMILES string of the molecule is COCc1nnc2n1Cc1c(C#Cc3cnc(OC)s3)ncn1-c1ccc(C)cc1-2. The summed E-state index contributed by atoms with van der Waals surface area (Å²) < 4.78 is 14.6. The lowest BCUT2D eigenvalue weighted by Crippen LogP contribution is -2.09. The van der Waals surface area contributed by atoms with Crippen molar-refractivity contribution in [2.45, 2.75) is 20.1 Å². The number of rotatable bonds is 3. The molecule has 0 saturated heterocycles. The van der Waals surface area contributed by atoms with Crippen molar-refractivity contribution in [1.82, 2.24) is 29.3 Å². The molecule has 0 fully saturated rings. The molecule has 0 atom stereocenters. The second-order valence-corrected chi connectivity index (χ2v) is 7.83. The maximum absolute atomic E-state index is 5.33. The maximum Gasteiger partial charge on any atom is 0.274 e. The zero-order chi connectivity index (χ0) is 20.7. The lowest BCUT2D eigenvalue weighted by molar-refractivity contribution is 0.174. The van der Waals surface area contributed by atoms with Gasteiger partial charge in [0.25, 0.3) is 5.19 Å². The maximum atomic E-state index is 5.33. The first-order valence-corrected chi connectivity index (χ1v) is 10.1. The van der Waals surface area contributed by atoms with Crippen LogP contribution in [-0.4, -0.2) is 43.5 Å². The molecule has 5 rings (SSSR count). The van der Waals surface area contributed by atoms with E-state index in [1.54, 1.807) is 20.4 Å². The number of aryl methyl sites for hydroxylation is 1. The summed E-state index contributed by atoms with van der Waals surface area (Å²) in [7, 11) is 3.25. The van der Waals surface area contributed by atoms with Crippen LogP contribution in [0.5, 0.6) is 5.19 Å². The quantitative estimate of drug-likeness (QED) is 0.419. The van der Waals surface area contributed by atoms with Crippen molar-refractivity contribution in [1.29, 1.82) is 0 Å². The summed E-state index contributed by atoms with van der Waals surface area (Å²) in [6.07, 6.45) is 3.52. The van der Waals surface area contributed by atoms with Gasteiger partial charge in [0.1, 0.15) is 23.5 Å². The van der Waals surface area contributed by atoms with E-state index in [4.69, 9.17) is 9.47 Å². The van der Waals surface area contributed by atoms with Crippen molar-refractivity contribution in [2.24, 2.45) is 0 Å². The third kappa shape index (κ3) is 3.07. The van der Waals surface area contributed by atoms with E-state index in [1.165, 1.54) is 11.3 Å². The first-order chi connectivity index (χ1) is 14.7. The average molecular weight is 418 g/mol. The van der Waals surface area contributed by atoms with Crippen LogP contribution >= 0.6 is 11.3 Å². The Balaban J connectivity index is 1.66. The number of thiazole rings is 1. The van der Waals surface area contributed by atoms with Crippen LogP contribution < -0.4 is 4.74 Å². The van der Waals surface area contributed by atoms with Gasteiger partial charge < -0.3 is 14.0 Å². The normalized spacial score (nSPS) is 11.7. The molecule has 0 saturated carbocycles. The first kappa shape index (κ1) is 18.5. The van der Waals surface area contributed by atoms with E-state index >= 15 is 0 Å². The van der Waals surface area contributed by atoms with E-state index in [9.17, 15) is 0 Å². The molecule has 0 N–H and O–H groups in total. The summed E-state index contributed by atoms with van der Waals surface area (Å²) in [4.78, 5) is 9.58. The van der Waals surface area contributed by atoms with E-state index in [0.717, 1.165) is 39.0 Å². The number of imidazole rings is 1. The van der Waals surface area contributed by atoms with Crippen LogP contribution in [-0.2, 0) is 17.9 Å². The molecule has 1 aromatic carbocycles. The Bertz CT molecular complexity index is 1310. The summed E-state index contributed by atoms with van der Waals surface area (Å²) >= 11 is 1.40. The highest BCUT2D eigenvalue weighted by atomic mass is 32.1. The Morgan fingerprint density at radius 3 is 2.87 bits per heavy atom. The fourth-order valence-electron chi connectivity index (χ4n) is 3.49. The molecule has 0 amide bonds. The minimum Gasteiger partial charge on any atom is -0.473 e.